The number of H-pyrrole nitrogens is 1. The molecule has 0 aromatic carbocycles. The zero-order chi connectivity index (χ0) is 11.2. The van der Waals surface area contributed by atoms with Gasteiger partial charge in [0.2, 0.25) is 5.78 Å². The number of nitrogens with zero attached hydrogens (tertiary/aromatic N) is 3. The third-order valence-corrected chi connectivity index (χ3v) is 1.74. The molecular weight excluding hydrogens is 213 g/mol. The van der Waals surface area contributed by atoms with Crippen LogP contribution in [0.5, 0.6) is 0 Å². The summed E-state index contributed by atoms with van der Waals surface area (Å²) in [5.41, 5.74) is -2.00. The van der Waals surface area contributed by atoms with Crippen molar-refractivity contribution in [2.75, 3.05) is 0 Å². The molecule has 80 valence electrons. The normalized spacial score (nSPS) is 12.3. The summed E-state index contributed by atoms with van der Waals surface area (Å²) >= 11 is 0. The van der Waals surface area contributed by atoms with E-state index in [9.17, 15) is 18.0 Å². The first kappa shape index (κ1) is 9.69. The second-order valence-corrected chi connectivity index (χ2v) is 2.91. The van der Waals surface area contributed by atoms with Gasteiger partial charge in [0.05, 0.1) is 0 Å². The van der Waals surface area contributed by atoms with Crippen LogP contribution in [0.25, 0.3) is 5.78 Å². The Morgan fingerprint density at radius 1 is 1.47 bits per heavy atom. The van der Waals surface area contributed by atoms with E-state index >= 15 is 0 Å². The minimum Gasteiger partial charge on any atom is -0.320 e. The fourth-order valence-corrected chi connectivity index (χ4v) is 1.14. The molecule has 0 aliphatic carbocycles. The van der Waals surface area contributed by atoms with Crippen molar-refractivity contribution in [1.82, 2.24) is 19.6 Å². The monoisotopic (exact) mass is 218 g/mol. The van der Waals surface area contributed by atoms with Crippen molar-refractivity contribution < 1.29 is 13.2 Å². The molecule has 2 aromatic rings. The molecule has 0 bridgehead atoms. The first-order valence-corrected chi connectivity index (χ1v) is 3.92. The summed E-state index contributed by atoms with van der Waals surface area (Å²) in [5, 5.41) is 3.63. The highest BCUT2D eigenvalue weighted by Gasteiger charge is 2.32. The van der Waals surface area contributed by atoms with Crippen LogP contribution in [-0.2, 0) is 6.18 Å². The third-order valence-electron chi connectivity index (χ3n) is 1.74. The lowest BCUT2D eigenvalue weighted by Gasteiger charge is -2.05. The van der Waals surface area contributed by atoms with Gasteiger partial charge in [0.15, 0.2) is 0 Å². The number of hydrogen-bond donors (Lipinski definition) is 1. The van der Waals surface area contributed by atoms with E-state index in [1.54, 1.807) is 0 Å². The van der Waals surface area contributed by atoms with E-state index in [0.717, 1.165) is 4.52 Å². The van der Waals surface area contributed by atoms with Gasteiger partial charge >= 0.3 is 6.18 Å². The number of nitrogens with one attached hydrogen (secondary N) is 1. The predicted octanol–water partition coefficient (Wildman–Crippen LogP) is 0.745. The molecule has 0 atom stereocenters. The van der Waals surface area contributed by atoms with Gasteiger partial charge < -0.3 is 4.98 Å². The van der Waals surface area contributed by atoms with Gasteiger partial charge in [0, 0.05) is 6.07 Å². The Balaban J connectivity index is 2.78. The smallest absolute Gasteiger partial charge is 0.320 e. The lowest BCUT2D eigenvalue weighted by Crippen LogP contribution is -2.20. The Morgan fingerprint density at radius 2 is 2.13 bits per heavy atom. The molecule has 5 nitrogen and oxygen atoms in total. The van der Waals surface area contributed by atoms with Gasteiger partial charge in [-0.3, -0.25) is 4.79 Å². The second-order valence-electron chi connectivity index (χ2n) is 2.91. The van der Waals surface area contributed by atoms with Crippen molar-refractivity contribution in [1.29, 1.82) is 0 Å². The van der Waals surface area contributed by atoms with Gasteiger partial charge in [-0.1, -0.05) is 0 Å². The lowest BCUT2D eigenvalue weighted by atomic mass is 10.4. The van der Waals surface area contributed by atoms with E-state index in [0.29, 0.717) is 6.07 Å². The summed E-state index contributed by atoms with van der Waals surface area (Å²) in [6.07, 6.45) is -4.60. The van der Waals surface area contributed by atoms with Crippen molar-refractivity contribution in [3.8, 4) is 0 Å². The van der Waals surface area contributed by atoms with Crippen LogP contribution in [0.15, 0.2) is 10.9 Å². The zero-order valence-corrected chi connectivity index (χ0v) is 7.46. The van der Waals surface area contributed by atoms with Crippen LogP contribution in [0.2, 0.25) is 0 Å². The van der Waals surface area contributed by atoms with Crippen molar-refractivity contribution in [2.24, 2.45) is 0 Å². The van der Waals surface area contributed by atoms with Crippen LogP contribution in [-0.4, -0.2) is 19.6 Å². The summed E-state index contributed by atoms with van der Waals surface area (Å²) in [5.74, 6) is 0.00926. The molecular formula is C7H5F3N4O. The molecule has 1 N–H and O–H groups in total. The maximum Gasteiger partial charge on any atom is 0.431 e. The molecule has 2 heterocycles. The van der Waals surface area contributed by atoms with Crippen LogP contribution in [0.1, 0.15) is 11.5 Å². The largest absolute Gasteiger partial charge is 0.431 e. The highest BCUT2D eigenvalue weighted by Crippen LogP contribution is 2.26. The maximum absolute atomic E-state index is 12.3. The van der Waals surface area contributed by atoms with Crippen molar-refractivity contribution in [3.05, 3.63) is 27.9 Å². The third kappa shape index (κ3) is 1.58. The topological polar surface area (TPSA) is 63.0 Å². The number of aromatic nitrogens is 4. The molecule has 0 radical (unpaired) electrons. The van der Waals surface area contributed by atoms with Gasteiger partial charge in [-0.05, 0) is 6.92 Å². The van der Waals surface area contributed by atoms with Crippen molar-refractivity contribution >= 4 is 5.78 Å². The van der Waals surface area contributed by atoms with E-state index in [1.807, 2.05) is 4.98 Å². The minimum atomic E-state index is -4.60. The zero-order valence-electron chi connectivity index (χ0n) is 7.46. The number of hydrogen-bond acceptors (Lipinski definition) is 3. The number of aryl methyl sites for hydroxylation is 1. The number of rotatable bonds is 0. The number of aromatic amines is 1. The predicted molar refractivity (Wildman–Crippen MR) is 43.3 cm³/mol. The van der Waals surface area contributed by atoms with Crippen LogP contribution in [0.4, 0.5) is 13.2 Å². The summed E-state index contributed by atoms with van der Waals surface area (Å²) < 4.78 is 37.6. The molecule has 0 saturated heterocycles. The Labute approximate surface area is 80.6 Å². The number of fused-ring (bicyclic) bond motifs is 1. The van der Waals surface area contributed by atoms with Crippen molar-refractivity contribution in [3.63, 3.8) is 0 Å². The summed E-state index contributed by atoms with van der Waals surface area (Å²) in [4.78, 5) is 16.8. The molecule has 0 aliphatic rings. The SMILES string of the molecule is Cc1nc2[nH]c(C(F)(F)F)cc(=O)n2n1. The van der Waals surface area contributed by atoms with Gasteiger partial charge in [-0.25, -0.2) is 0 Å². The molecule has 0 amide bonds. The lowest BCUT2D eigenvalue weighted by molar-refractivity contribution is -0.141. The summed E-state index contributed by atoms with van der Waals surface area (Å²) in [6.45, 7) is 1.48. The molecule has 2 aromatic heterocycles. The average molecular weight is 218 g/mol. The maximum atomic E-state index is 12.3. The first-order valence-electron chi connectivity index (χ1n) is 3.92. The second kappa shape index (κ2) is 2.81. The van der Waals surface area contributed by atoms with E-state index in [1.165, 1.54) is 6.92 Å². The fourth-order valence-electron chi connectivity index (χ4n) is 1.14. The number of alkyl halides is 3. The van der Waals surface area contributed by atoms with Gasteiger partial charge in [-0.2, -0.15) is 22.7 Å². The Morgan fingerprint density at radius 3 is 2.73 bits per heavy atom. The summed E-state index contributed by atoms with van der Waals surface area (Å²) in [7, 11) is 0. The standard InChI is InChI=1S/C7H5F3N4O/c1-3-11-6-12-4(7(8,9)10)2-5(15)14(6)13-3/h2H,1H3,(H,11,12,13). The molecule has 0 aliphatic heterocycles. The van der Waals surface area contributed by atoms with Gasteiger partial charge in [0.1, 0.15) is 11.5 Å². The van der Waals surface area contributed by atoms with Crippen LogP contribution < -0.4 is 5.56 Å². The van der Waals surface area contributed by atoms with Crippen LogP contribution >= 0.6 is 0 Å². The first-order chi connectivity index (χ1) is 6.88. The minimum absolute atomic E-state index is 0.215. The van der Waals surface area contributed by atoms with Crippen molar-refractivity contribution in [2.45, 2.75) is 13.1 Å². The van der Waals surface area contributed by atoms with Crippen LogP contribution in [0.3, 0.4) is 0 Å². The summed E-state index contributed by atoms with van der Waals surface area (Å²) in [6, 6.07) is 0.446. The molecule has 15 heavy (non-hydrogen) atoms. The molecule has 0 unspecified atom stereocenters. The molecule has 0 spiro atoms. The van der Waals surface area contributed by atoms with Gasteiger partial charge in [-0.15, -0.1) is 5.10 Å². The molecule has 0 fully saturated rings. The van der Waals surface area contributed by atoms with Crippen LogP contribution in [0, 0.1) is 6.92 Å². The highest BCUT2D eigenvalue weighted by molar-refractivity contribution is 5.28. The highest BCUT2D eigenvalue weighted by atomic mass is 19.4. The number of halogens is 3. The molecule has 2 rings (SSSR count). The fraction of sp³-hybridized carbons (Fsp3) is 0.286. The Kier molecular flexibility index (Phi) is 1.82. The Bertz CT molecular complexity index is 568. The van der Waals surface area contributed by atoms with E-state index in [-0.39, 0.29) is 11.6 Å². The Hall–Kier alpha value is -1.86. The average Bonchev–Trinajstić information content (AvgIpc) is 2.44. The van der Waals surface area contributed by atoms with E-state index in [4.69, 9.17) is 0 Å². The van der Waals surface area contributed by atoms with E-state index < -0.39 is 17.4 Å². The molecule has 8 heteroatoms. The van der Waals surface area contributed by atoms with Gasteiger partial charge in [0.25, 0.3) is 5.56 Å². The quantitative estimate of drug-likeness (QED) is 0.709. The van der Waals surface area contributed by atoms with E-state index in [2.05, 4.69) is 10.1 Å². The molecule has 0 saturated carbocycles.